The van der Waals surface area contributed by atoms with Crippen LogP contribution in [0.5, 0.6) is 0 Å². The van der Waals surface area contributed by atoms with Crippen LogP contribution in [0, 0.1) is 5.82 Å². The quantitative estimate of drug-likeness (QED) is 0.284. The lowest BCUT2D eigenvalue weighted by Gasteiger charge is -2.10. The first-order chi connectivity index (χ1) is 15.2. The summed E-state index contributed by atoms with van der Waals surface area (Å²) < 4.78 is 13.3. The first-order valence-corrected chi connectivity index (χ1v) is 9.65. The van der Waals surface area contributed by atoms with E-state index in [0.717, 1.165) is 11.3 Å². The smallest absolute Gasteiger partial charge is 0.250 e. The molecule has 3 aromatic carbocycles. The lowest BCUT2D eigenvalue weighted by atomic mass is 10.2. The number of halogens is 1. The molecule has 0 aliphatic carbocycles. The molecule has 0 aliphatic heterocycles. The highest BCUT2D eigenvalue weighted by atomic mass is 19.1. The van der Waals surface area contributed by atoms with Crippen molar-refractivity contribution in [3.63, 3.8) is 0 Å². The zero-order valence-corrected chi connectivity index (χ0v) is 16.5. The van der Waals surface area contributed by atoms with Crippen molar-refractivity contribution in [2.75, 3.05) is 16.1 Å². The topological polar surface area (TPSA) is 87.1 Å². The van der Waals surface area contributed by atoms with Gasteiger partial charge in [0.2, 0.25) is 17.8 Å². The Balaban J connectivity index is 1.52. The molecule has 3 N–H and O–H groups in total. The van der Waals surface area contributed by atoms with Crippen LogP contribution >= 0.6 is 0 Å². The fraction of sp³-hybridized carbons (Fsp3) is 0.0435. The summed E-state index contributed by atoms with van der Waals surface area (Å²) in [5.41, 5.74) is 5.34. The number of benzene rings is 3. The summed E-state index contributed by atoms with van der Waals surface area (Å²) in [5.74, 6) is 0.670. The summed E-state index contributed by atoms with van der Waals surface area (Å²) >= 11 is 0. The molecule has 4 rings (SSSR count). The molecule has 1 heterocycles. The maximum absolute atomic E-state index is 13.3. The van der Waals surface area contributed by atoms with Gasteiger partial charge < -0.3 is 10.6 Å². The third-order valence-electron chi connectivity index (χ3n) is 4.19. The zero-order valence-electron chi connectivity index (χ0n) is 16.5. The summed E-state index contributed by atoms with van der Waals surface area (Å²) in [5, 5.41) is 10.5. The van der Waals surface area contributed by atoms with Gasteiger partial charge in [0.15, 0.2) is 0 Å². The second kappa shape index (κ2) is 9.93. The Kier molecular flexibility index (Phi) is 6.39. The van der Waals surface area contributed by atoms with Crippen LogP contribution in [0.15, 0.2) is 90.0 Å². The molecule has 0 bridgehead atoms. The minimum atomic E-state index is -0.328. The third kappa shape index (κ3) is 6.07. The SMILES string of the molecule is Fc1cccc(/C=N\Nc2nc(NCc3ccccc3)nc(Nc3ccccc3)n2)c1. The highest BCUT2D eigenvalue weighted by Gasteiger charge is 2.07. The molecule has 7 nitrogen and oxygen atoms in total. The Morgan fingerprint density at radius 3 is 2.26 bits per heavy atom. The van der Waals surface area contributed by atoms with E-state index in [4.69, 9.17) is 0 Å². The van der Waals surface area contributed by atoms with Gasteiger partial charge in [0.05, 0.1) is 6.21 Å². The van der Waals surface area contributed by atoms with Crippen molar-refractivity contribution in [2.45, 2.75) is 6.54 Å². The van der Waals surface area contributed by atoms with Gasteiger partial charge in [-0.2, -0.15) is 20.1 Å². The third-order valence-corrected chi connectivity index (χ3v) is 4.19. The molecule has 0 atom stereocenters. The van der Waals surface area contributed by atoms with Gasteiger partial charge in [-0.25, -0.2) is 9.82 Å². The number of para-hydroxylation sites is 1. The van der Waals surface area contributed by atoms with Crippen molar-refractivity contribution >= 4 is 29.7 Å². The van der Waals surface area contributed by atoms with Crippen LogP contribution in [-0.2, 0) is 6.54 Å². The maximum Gasteiger partial charge on any atom is 0.250 e. The number of hydrogen-bond acceptors (Lipinski definition) is 7. The van der Waals surface area contributed by atoms with Crippen LogP contribution in [0.25, 0.3) is 0 Å². The van der Waals surface area contributed by atoms with Crippen LogP contribution in [-0.4, -0.2) is 21.2 Å². The summed E-state index contributed by atoms with van der Waals surface area (Å²) in [4.78, 5) is 13.2. The van der Waals surface area contributed by atoms with E-state index in [9.17, 15) is 4.39 Å². The highest BCUT2D eigenvalue weighted by Crippen LogP contribution is 2.16. The molecule has 8 heteroatoms. The Morgan fingerprint density at radius 1 is 0.774 bits per heavy atom. The number of hydrogen-bond donors (Lipinski definition) is 3. The first-order valence-electron chi connectivity index (χ1n) is 9.65. The monoisotopic (exact) mass is 413 g/mol. The fourth-order valence-corrected chi connectivity index (χ4v) is 2.74. The van der Waals surface area contributed by atoms with Gasteiger partial charge in [-0.1, -0.05) is 60.7 Å². The van der Waals surface area contributed by atoms with Gasteiger partial charge in [0.1, 0.15) is 5.82 Å². The van der Waals surface area contributed by atoms with E-state index in [-0.39, 0.29) is 11.8 Å². The molecule has 0 fully saturated rings. The Bertz CT molecular complexity index is 1150. The van der Waals surface area contributed by atoms with Crippen molar-refractivity contribution in [3.8, 4) is 0 Å². The van der Waals surface area contributed by atoms with Crippen LogP contribution < -0.4 is 16.1 Å². The molecule has 0 radical (unpaired) electrons. The predicted molar refractivity (Wildman–Crippen MR) is 121 cm³/mol. The molecule has 0 saturated carbocycles. The van der Waals surface area contributed by atoms with E-state index >= 15 is 0 Å². The van der Waals surface area contributed by atoms with E-state index in [2.05, 4.69) is 36.1 Å². The largest absolute Gasteiger partial charge is 0.350 e. The predicted octanol–water partition coefficient (Wildman–Crippen LogP) is 4.81. The molecule has 154 valence electrons. The van der Waals surface area contributed by atoms with E-state index in [0.29, 0.717) is 24.0 Å². The molecule has 0 unspecified atom stereocenters. The molecule has 4 aromatic rings. The van der Waals surface area contributed by atoms with Crippen LogP contribution in [0.2, 0.25) is 0 Å². The number of anilines is 4. The number of rotatable bonds is 8. The Labute approximate surface area is 179 Å². The second-order valence-electron chi connectivity index (χ2n) is 6.56. The molecule has 0 spiro atoms. The fourth-order valence-electron chi connectivity index (χ4n) is 2.74. The van der Waals surface area contributed by atoms with Crippen molar-refractivity contribution in [3.05, 3.63) is 102 Å². The first kappa shape index (κ1) is 20.0. The summed E-state index contributed by atoms with van der Waals surface area (Å²) in [7, 11) is 0. The highest BCUT2D eigenvalue weighted by molar-refractivity contribution is 5.79. The summed E-state index contributed by atoms with van der Waals surface area (Å²) in [6.07, 6.45) is 1.49. The van der Waals surface area contributed by atoms with Crippen LogP contribution in [0.1, 0.15) is 11.1 Å². The standard InChI is InChI=1S/C23H20FN7/c24-19-11-7-10-18(14-19)16-26-31-23-29-21(25-15-17-8-3-1-4-9-17)28-22(30-23)27-20-12-5-2-6-13-20/h1-14,16H,15H2,(H3,25,27,28,29,30,31)/b26-16-. The van der Waals surface area contributed by atoms with E-state index < -0.39 is 0 Å². The number of nitrogens with zero attached hydrogens (tertiary/aromatic N) is 4. The van der Waals surface area contributed by atoms with E-state index in [1.54, 1.807) is 12.1 Å². The van der Waals surface area contributed by atoms with Crippen molar-refractivity contribution in [1.29, 1.82) is 0 Å². The Morgan fingerprint density at radius 2 is 1.48 bits per heavy atom. The maximum atomic E-state index is 13.3. The van der Waals surface area contributed by atoms with Crippen molar-refractivity contribution in [1.82, 2.24) is 15.0 Å². The average molecular weight is 413 g/mol. The van der Waals surface area contributed by atoms with Gasteiger partial charge >= 0.3 is 0 Å². The van der Waals surface area contributed by atoms with Crippen LogP contribution in [0.3, 0.4) is 0 Å². The minimum absolute atomic E-state index is 0.247. The molecular weight excluding hydrogens is 393 g/mol. The normalized spacial score (nSPS) is 10.7. The molecule has 1 aromatic heterocycles. The zero-order chi connectivity index (χ0) is 21.3. The molecule has 0 saturated heterocycles. The van der Waals surface area contributed by atoms with Gasteiger partial charge in [-0.15, -0.1) is 0 Å². The Hall–Kier alpha value is -4.33. The summed E-state index contributed by atoms with van der Waals surface area (Å²) in [6.45, 7) is 0.557. The minimum Gasteiger partial charge on any atom is -0.350 e. The van der Waals surface area contributed by atoms with Gasteiger partial charge in [-0.3, -0.25) is 0 Å². The molecular formula is C23H20FN7. The van der Waals surface area contributed by atoms with E-state index in [1.807, 2.05) is 60.7 Å². The summed E-state index contributed by atoms with van der Waals surface area (Å²) in [6, 6.07) is 25.7. The molecule has 31 heavy (non-hydrogen) atoms. The number of aromatic nitrogens is 3. The number of hydrazone groups is 1. The molecule has 0 amide bonds. The second-order valence-corrected chi connectivity index (χ2v) is 6.56. The lowest BCUT2D eigenvalue weighted by Crippen LogP contribution is -2.09. The average Bonchev–Trinajstić information content (AvgIpc) is 2.79. The molecule has 0 aliphatic rings. The van der Waals surface area contributed by atoms with Gasteiger partial charge in [-0.05, 0) is 35.4 Å². The number of nitrogens with one attached hydrogen (secondary N) is 3. The van der Waals surface area contributed by atoms with Gasteiger partial charge in [0.25, 0.3) is 0 Å². The van der Waals surface area contributed by atoms with Gasteiger partial charge in [0, 0.05) is 12.2 Å². The van der Waals surface area contributed by atoms with Crippen molar-refractivity contribution in [2.24, 2.45) is 5.10 Å². The van der Waals surface area contributed by atoms with Crippen molar-refractivity contribution < 1.29 is 4.39 Å². The van der Waals surface area contributed by atoms with Crippen LogP contribution in [0.4, 0.5) is 27.9 Å². The van der Waals surface area contributed by atoms with E-state index in [1.165, 1.54) is 18.3 Å². The lowest BCUT2D eigenvalue weighted by molar-refractivity contribution is 0.627.